The molecular weight excluding hydrogens is 288 g/mol. The second-order valence-corrected chi connectivity index (χ2v) is 7.84. The lowest BCUT2D eigenvalue weighted by Gasteiger charge is -2.22. The van der Waals surface area contributed by atoms with E-state index in [1.807, 2.05) is 16.5 Å². The van der Waals surface area contributed by atoms with Crippen molar-refractivity contribution in [2.75, 3.05) is 13.1 Å². The summed E-state index contributed by atoms with van der Waals surface area (Å²) in [6.45, 7) is 9.13. The third kappa shape index (κ3) is 3.75. The Kier molecular flexibility index (Phi) is 5.02. The van der Waals surface area contributed by atoms with Gasteiger partial charge in [-0.05, 0) is 50.4 Å². The van der Waals surface area contributed by atoms with Crippen molar-refractivity contribution in [2.45, 2.75) is 65.8 Å². The van der Waals surface area contributed by atoms with Gasteiger partial charge in [0.25, 0.3) is 5.91 Å². The zero-order valence-electron chi connectivity index (χ0n) is 14.8. The van der Waals surface area contributed by atoms with Gasteiger partial charge in [-0.3, -0.25) is 4.79 Å². The molecule has 1 aliphatic carbocycles. The maximum atomic E-state index is 12.9. The zero-order valence-corrected chi connectivity index (χ0v) is 14.8. The molecule has 0 radical (unpaired) electrons. The van der Waals surface area contributed by atoms with Gasteiger partial charge in [-0.1, -0.05) is 31.9 Å². The van der Waals surface area contributed by atoms with Gasteiger partial charge in [0.15, 0.2) is 5.69 Å². The SMILES string of the molecule is Cc1c(C(=O)N2CC[C@@H](C)C[C@H](C)C2)nnn1CC1CCCC1. The molecule has 2 fully saturated rings. The topological polar surface area (TPSA) is 51.0 Å². The summed E-state index contributed by atoms with van der Waals surface area (Å²) in [6, 6.07) is 0. The number of amides is 1. The van der Waals surface area contributed by atoms with Crippen LogP contribution in [-0.4, -0.2) is 38.9 Å². The van der Waals surface area contributed by atoms with Crippen LogP contribution in [0.25, 0.3) is 0 Å². The zero-order chi connectivity index (χ0) is 16.4. The average Bonchev–Trinajstić information content (AvgIpc) is 3.10. The molecule has 128 valence electrons. The lowest BCUT2D eigenvalue weighted by Crippen LogP contribution is -2.34. The lowest BCUT2D eigenvalue weighted by atomic mass is 9.97. The predicted molar refractivity (Wildman–Crippen MR) is 90.2 cm³/mol. The summed E-state index contributed by atoms with van der Waals surface area (Å²) in [5, 5.41) is 8.50. The molecule has 2 heterocycles. The molecule has 5 nitrogen and oxygen atoms in total. The van der Waals surface area contributed by atoms with Crippen molar-refractivity contribution in [2.24, 2.45) is 17.8 Å². The van der Waals surface area contributed by atoms with Gasteiger partial charge < -0.3 is 4.90 Å². The Bertz CT molecular complexity index is 547. The normalized spacial score (nSPS) is 26.5. The third-order valence-electron chi connectivity index (χ3n) is 5.61. The van der Waals surface area contributed by atoms with Crippen molar-refractivity contribution in [3.8, 4) is 0 Å². The largest absolute Gasteiger partial charge is 0.337 e. The third-order valence-corrected chi connectivity index (χ3v) is 5.61. The van der Waals surface area contributed by atoms with Gasteiger partial charge in [0.1, 0.15) is 0 Å². The van der Waals surface area contributed by atoms with Gasteiger partial charge in [0, 0.05) is 19.6 Å². The van der Waals surface area contributed by atoms with E-state index in [1.165, 1.54) is 32.1 Å². The van der Waals surface area contributed by atoms with E-state index >= 15 is 0 Å². The molecule has 2 aliphatic rings. The van der Waals surface area contributed by atoms with Crippen LogP contribution in [0.2, 0.25) is 0 Å². The van der Waals surface area contributed by atoms with Crippen LogP contribution in [0, 0.1) is 24.7 Å². The van der Waals surface area contributed by atoms with Crippen LogP contribution in [-0.2, 0) is 6.54 Å². The lowest BCUT2D eigenvalue weighted by molar-refractivity contribution is 0.0737. The Morgan fingerprint density at radius 1 is 1.17 bits per heavy atom. The number of hydrogen-bond donors (Lipinski definition) is 0. The molecule has 1 amide bonds. The number of likely N-dealkylation sites (tertiary alicyclic amines) is 1. The van der Waals surface area contributed by atoms with Crippen molar-refractivity contribution in [3.05, 3.63) is 11.4 Å². The van der Waals surface area contributed by atoms with Crippen LogP contribution in [0.4, 0.5) is 0 Å². The van der Waals surface area contributed by atoms with Crippen molar-refractivity contribution in [3.63, 3.8) is 0 Å². The molecule has 0 unspecified atom stereocenters. The Labute approximate surface area is 139 Å². The van der Waals surface area contributed by atoms with E-state index in [1.54, 1.807) is 0 Å². The highest BCUT2D eigenvalue weighted by Crippen LogP contribution is 2.27. The highest BCUT2D eigenvalue weighted by molar-refractivity contribution is 5.93. The molecule has 0 aromatic carbocycles. The number of hydrogen-bond acceptors (Lipinski definition) is 3. The Balaban J connectivity index is 1.70. The van der Waals surface area contributed by atoms with Crippen molar-refractivity contribution >= 4 is 5.91 Å². The van der Waals surface area contributed by atoms with Crippen LogP contribution < -0.4 is 0 Å². The van der Waals surface area contributed by atoms with E-state index in [0.717, 1.165) is 31.7 Å². The molecular formula is C18H30N4O. The molecule has 0 N–H and O–H groups in total. The van der Waals surface area contributed by atoms with Gasteiger partial charge in [0.2, 0.25) is 0 Å². The van der Waals surface area contributed by atoms with Crippen molar-refractivity contribution in [1.29, 1.82) is 0 Å². The molecule has 23 heavy (non-hydrogen) atoms. The molecule has 1 saturated carbocycles. The Hall–Kier alpha value is -1.39. The minimum absolute atomic E-state index is 0.0705. The number of nitrogens with zero attached hydrogens (tertiary/aromatic N) is 4. The van der Waals surface area contributed by atoms with Gasteiger partial charge in [0.05, 0.1) is 5.69 Å². The number of carbonyl (C=O) groups is 1. The smallest absolute Gasteiger partial charge is 0.276 e. The van der Waals surface area contributed by atoms with E-state index in [9.17, 15) is 4.79 Å². The number of carbonyl (C=O) groups excluding carboxylic acids is 1. The first-order chi connectivity index (χ1) is 11.0. The first-order valence-corrected chi connectivity index (χ1v) is 9.24. The van der Waals surface area contributed by atoms with E-state index in [0.29, 0.717) is 23.4 Å². The summed E-state index contributed by atoms with van der Waals surface area (Å²) in [4.78, 5) is 14.9. The van der Waals surface area contributed by atoms with Crippen molar-refractivity contribution < 1.29 is 4.79 Å². The van der Waals surface area contributed by atoms with E-state index in [4.69, 9.17) is 0 Å². The van der Waals surface area contributed by atoms with Gasteiger partial charge in [-0.2, -0.15) is 0 Å². The maximum Gasteiger partial charge on any atom is 0.276 e. The summed E-state index contributed by atoms with van der Waals surface area (Å²) >= 11 is 0. The molecule has 1 aromatic rings. The molecule has 0 spiro atoms. The van der Waals surface area contributed by atoms with E-state index in [2.05, 4.69) is 24.2 Å². The summed E-state index contributed by atoms with van der Waals surface area (Å²) in [6.07, 6.45) is 7.51. The van der Waals surface area contributed by atoms with Crippen LogP contribution >= 0.6 is 0 Å². The van der Waals surface area contributed by atoms with Gasteiger partial charge >= 0.3 is 0 Å². The minimum Gasteiger partial charge on any atom is -0.337 e. The van der Waals surface area contributed by atoms with Crippen LogP contribution in [0.3, 0.4) is 0 Å². The van der Waals surface area contributed by atoms with Gasteiger partial charge in [-0.15, -0.1) is 5.10 Å². The monoisotopic (exact) mass is 318 g/mol. The second-order valence-electron chi connectivity index (χ2n) is 7.84. The fraction of sp³-hybridized carbons (Fsp3) is 0.833. The van der Waals surface area contributed by atoms with E-state index < -0.39 is 0 Å². The highest BCUT2D eigenvalue weighted by atomic mass is 16.2. The summed E-state index contributed by atoms with van der Waals surface area (Å²) in [7, 11) is 0. The molecule has 0 bridgehead atoms. The second kappa shape index (κ2) is 7.02. The fourth-order valence-electron chi connectivity index (χ4n) is 4.23. The van der Waals surface area contributed by atoms with E-state index in [-0.39, 0.29) is 5.91 Å². The highest BCUT2D eigenvalue weighted by Gasteiger charge is 2.27. The summed E-state index contributed by atoms with van der Waals surface area (Å²) in [5.41, 5.74) is 1.50. The summed E-state index contributed by atoms with van der Waals surface area (Å²) in [5.74, 6) is 2.03. The molecule has 1 aliphatic heterocycles. The fourth-order valence-corrected chi connectivity index (χ4v) is 4.23. The summed E-state index contributed by atoms with van der Waals surface area (Å²) < 4.78 is 1.95. The Morgan fingerprint density at radius 3 is 2.65 bits per heavy atom. The molecule has 1 saturated heterocycles. The first-order valence-electron chi connectivity index (χ1n) is 9.24. The molecule has 3 rings (SSSR count). The van der Waals surface area contributed by atoms with Crippen LogP contribution in [0.5, 0.6) is 0 Å². The average molecular weight is 318 g/mol. The standard InChI is InChI=1S/C18H30N4O/c1-13-8-9-21(11-14(2)10-13)18(23)17-15(3)22(20-19-17)12-16-6-4-5-7-16/h13-14,16H,4-12H2,1-3H3/t13-,14+/m1/s1. The minimum atomic E-state index is 0.0705. The van der Waals surface area contributed by atoms with Crippen LogP contribution in [0.15, 0.2) is 0 Å². The molecule has 5 heteroatoms. The predicted octanol–water partition coefficient (Wildman–Crippen LogP) is 3.28. The number of aromatic nitrogens is 3. The molecule has 2 atom stereocenters. The molecule has 1 aromatic heterocycles. The Morgan fingerprint density at radius 2 is 1.91 bits per heavy atom. The van der Waals surface area contributed by atoms with Crippen molar-refractivity contribution in [1.82, 2.24) is 19.9 Å². The number of rotatable bonds is 3. The first kappa shape index (κ1) is 16.5. The van der Waals surface area contributed by atoms with Crippen LogP contribution in [0.1, 0.15) is 68.6 Å². The van der Waals surface area contributed by atoms with Gasteiger partial charge in [-0.25, -0.2) is 4.68 Å². The maximum absolute atomic E-state index is 12.9. The quantitative estimate of drug-likeness (QED) is 0.859.